The fourth-order valence-corrected chi connectivity index (χ4v) is 1.35. The Morgan fingerprint density at radius 1 is 1.42 bits per heavy atom. The van der Waals surface area contributed by atoms with Gasteiger partial charge in [-0.2, -0.15) is 0 Å². The van der Waals surface area contributed by atoms with Gasteiger partial charge in [-0.15, -0.1) is 0 Å². The van der Waals surface area contributed by atoms with Crippen LogP contribution >= 0.6 is 0 Å². The molecule has 0 saturated heterocycles. The van der Waals surface area contributed by atoms with Gasteiger partial charge in [-0.1, -0.05) is 0 Å². The molecule has 12 heavy (non-hydrogen) atoms. The third-order valence-corrected chi connectivity index (χ3v) is 1.94. The molecule has 0 fully saturated rings. The van der Waals surface area contributed by atoms with Crippen molar-refractivity contribution in [2.24, 2.45) is 5.84 Å². The molecule has 0 bridgehead atoms. The van der Waals surface area contributed by atoms with E-state index in [1.165, 1.54) is 5.01 Å². The first-order chi connectivity index (χ1) is 5.68. The summed E-state index contributed by atoms with van der Waals surface area (Å²) < 4.78 is 0. The molecule has 2 rings (SSSR count). The van der Waals surface area contributed by atoms with E-state index in [2.05, 4.69) is 0 Å². The van der Waals surface area contributed by atoms with E-state index >= 15 is 0 Å². The lowest BCUT2D eigenvalue weighted by molar-refractivity contribution is 0.101. The number of carbonyl (C=O) groups is 1. The highest BCUT2D eigenvalue weighted by molar-refractivity contribution is 6.08. The van der Waals surface area contributed by atoms with E-state index in [9.17, 15) is 4.79 Å². The molecule has 4 nitrogen and oxygen atoms in total. The van der Waals surface area contributed by atoms with Crippen LogP contribution in [0.4, 0.5) is 11.4 Å². The standard InChI is InChI=1S/C8H9N3O/c9-5-1-2-7-6(3-5)8(12)4-11(7)10/h1-3H,4,9-10H2. The zero-order valence-electron chi connectivity index (χ0n) is 6.45. The Balaban J connectivity index is 2.60. The second kappa shape index (κ2) is 2.22. The summed E-state index contributed by atoms with van der Waals surface area (Å²) in [6, 6.07) is 5.15. The maximum absolute atomic E-state index is 11.3. The zero-order chi connectivity index (χ0) is 8.72. The smallest absolute Gasteiger partial charge is 0.185 e. The number of carbonyl (C=O) groups excluding carboxylic acids is 1. The van der Waals surface area contributed by atoms with Crippen molar-refractivity contribution in [1.29, 1.82) is 0 Å². The van der Waals surface area contributed by atoms with Gasteiger partial charge in [-0.3, -0.25) is 4.79 Å². The second-order valence-electron chi connectivity index (χ2n) is 2.83. The van der Waals surface area contributed by atoms with E-state index in [0.29, 0.717) is 11.3 Å². The number of Topliss-reactive ketones (excluding diaryl/α,β-unsaturated/α-hetero) is 1. The summed E-state index contributed by atoms with van der Waals surface area (Å²) in [7, 11) is 0. The normalized spacial score (nSPS) is 15.1. The van der Waals surface area contributed by atoms with Crippen LogP contribution in [-0.4, -0.2) is 12.3 Å². The highest BCUT2D eigenvalue weighted by Gasteiger charge is 2.23. The summed E-state index contributed by atoms with van der Waals surface area (Å²) in [6.07, 6.45) is 0. The van der Waals surface area contributed by atoms with Gasteiger partial charge in [0.15, 0.2) is 5.78 Å². The third-order valence-electron chi connectivity index (χ3n) is 1.94. The molecule has 0 saturated carbocycles. The van der Waals surface area contributed by atoms with Gasteiger partial charge in [-0.25, -0.2) is 5.84 Å². The molecular formula is C8H9N3O. The molecule has 0 unspecified atom stereocenters. The zero-order valence-corrected chi connectivity index (χ0v) is 6.45. The van der Waals surface area contributed by atoms with Crippen molar-refractivity contribution in [2.75, 3.05) is 17.3 Å². The molecule has 0 atom stereocenters. The Morgan fingerprint density at radius 3 is 2.92 bits per heavy atom. The van der Waals surface area contributed by atoms with Gasteiger partial charge in [0.25, 0.3) is 0 Å². The van der Waals surface area contributed by atoms with Gasteiger partial charge in [0.1, 0.15) is 0 Å². The summed E-state index contributed by atoms with van der Waals surface area (Å²) in [5.41, 5.74) is 7.50. The fourth-order valence-electron chi connectivity index (χ4n) is 1.35. The van der Waals surface area contributed by atoms with Gasteiger partial charge < -0.3 is 10.7 Å². The van der Waals surface area contributed by atoms with E-state index < -0.39 is 0 Å². The molecule has 0 spiro atoms. The molecule has 4 heteroatoms. The molecule has 1 aromatic carbocycles. The Labute approximate surface area is 69.7 Å². The van der Waals surface area contributed by atoms with Crippen LogP contribution in [0.3, 0.4) is 0 Å². The number of nitrogen functional groups attached to an aromatic ring is 1. The predicted molar refractivity (Wildman–Crippen MR) is 46.7 cm³/mol. The van der Waals surface area contributed by atoms with Crippen LogP contribution < -0.4 is 16.6 Å². The minimum atomic E-state index is 0.0276. The number of nitrogens with zero attached hydrogens (tertiary/aromatic N) is 1. The van der Waals surface area contributed by atoms with Crippen molar-refractivity contribution in [3.8, 4) is 0 Å². The largest absolute Gasteiger partial charge is 0.399 e. The molecule has 1 heterocycles. The number of benzene rings is 1. The number of rotatable bonds is 0. The van der Waals surface area contributed by atoms with Crippen molar-refractivity contribution in [2.45, 2.75) is 0 Å². The van der Waals surface area contributed by atoms with Crippen LogP contribution in [0, 0.1) is 0 Å². The number of fused-ring (bicyclic) bond motifs is 1. The van der Waals surface area contributed by atoms with Crippen LogP contribution in [0.5, 0.6) is 0 Å². The Hall–Kier alpha value is -1.55. The van der Waals surface area contributed by atoms with E-state index in [-0.39, 0.29) is 12.3 Å². The Bertz CT molecular complexity index is 348. The van der Waals surface area contributed by atoms with Crippen LogP contribution in [0.1, 0.15) is 10.4 Å². The minimum absolute atomic E-state index is 0.0276. The van der Waals surface area contributed by atoms with Crippen molar-refractivity contribution < 1.29 is 4.79 Å². The number of nitrogens with two attached hydrogens (primary N) is 2. The van der Waals surface area contributed by atoms with Gasteiger partial charge in [-0.05, 0) is 18.2 Å². The van der Waals surface area contributed by atoms with Crippen molar-refractivity contribution >= 4 is 17.2 Å². The average molecular weight is 163 g/mol. The maximum Gasteiger partial charge on any atom is 0.185 e. The number of hydrazine groups is 1. The summed E-state index contributed by atoms with van der Waals surface area (Å²) in [5, 5.41) is 1.43. The van der Waals surface area contributed by atoms with Crippen LogP contribution in [0.2, 0.25) is 0 Å². The fraction of sp³-hybridized carbons (Fsp3) is 0.125. The number of hydrogen-bond donors (Lipinski definition) is 2. The summed E-state index contributed by atoms with van der Waals surface area (Å²) in [4.78, 5) is 11.3. The molecular weight excluding hydrogens is 154 g/mol. The Morgan fingerprint density at radius 2 is 2.17 bits per heavy atom. The van der Waals surface area contributed by atoms with E-state index in [4.69, 9.17) is 11.6 Å². The third kappa shape index (κ3) is 0.853. The van der Waals surface area contributed by atoms with Crippen LogP contribution in [0.25, 0.3) is 0 Å². The first-order valence-corrected chi connectivity index (χ1v) is 3.63. The minimum Gasteiger partial charge on any atom is -0.399 e. The SMILES string of the molecule is Nc1ccc2c(c1)C(=O)CN2N. The van der Waals surface area contributed by atoms with Gasteiger partial charge in [0.05, 0.1) is 12.2 Å². The molecule has 62 valence electrons. The predicted octanol–water partition coefficient (Wildman–Crippen LogP) is 0.145. The van der Waals surface area contributed by atoms with Crippen LogP contribution in [0.15, 0.2) is 18.2 Å². The van der Waals surface area contributed by atoms with Crippen molar-refractivity contribution in [3.05, 3.63) is 23.8 Å². The van der Waals surface area contributed by atoms with Gasteiger partial charge in [0.2, 0.25) is 0 Å². The topological polar surface area (TPSA) is 72.4 Å². The summed E-state index contributed by atoms with van der Waals surface area (Å²) in [5.74, 6) is 5.59. The lowest BCUT2D eigenvalue weighted by Gasteiger charge is -2.09. The highest BCUT2D eigenvalue weighted by atomic mass is 16.1. The molecule has 1 aliphatic heterocycles. The van der Waals surface area contributed by atoms with Crippen LogP contribution in [-0.2, 0) is 0 Å². The molecule has 0 radical (unpaired) electrons. The monoisotopic (exact) mass is 163 g/mol. The van der Waals surface area contributed by atoms with Gasteiger partial charge in [0, 0.05) is 11.3 Å². The Kier molecular flexibility index (Phi) is 1.31. The molecule has 0 aromatic heterocycles. The highest BCUT2D eigenvalue weighted by Crippen LogP contribution is 2.26. The molecule has 4 N–H and O–H groups in total. The first kappa shape index (κ1) is 7.12. The second-order valence-corrected chi connectivity index (χ2v) is 2.83. The van der Waals surface area contributed by atoms with Crippen molar-refractivity contribution in [1.82, 2.24) is 0 Å². The van der Waals surface area contributed by atoms with E-state index in [1.807, 2.05) is 0 Å². The summed E-state index contributed by atoms with van der Waals surface area (Å²) >= 11 is 0. The lowest BCUT2D eigenvalue weighted by Crippen LogP contribution is -2.29. The van der Waals surface area contributed by atoms with Crippen molar-refractivity contribution in [3.63, 3.8) is 0 Å². The quantitative estimate of drug-likeness (QED) is 0.421. The molecule has 1 aliphatic rings. The first-order valence-electron chi connectivity index (χ1n) is 3.63. The molecule has 0 amide bonds. The average Bonchev–Trinajstić information content (AvgIpc) is 2.28. The van der Waals surface area contributed by atoms with E-state index in [0.717, 1.165) is 5.69 Å². The molecule has 0 aliphatic carbocycles. The summed E-state index contributed by atoms with van der Waals surface area (Å²) in [6.45, 7) is 0.249. The van der Waals surface area contributed by atoms with Gasteiger partial charge >= 0.3 is 0 Å². The lowest BCUT2D eigenvalue weighted by atomic mass is 10.1. The number of hydrogen-bond acceptors (Lipinski definition) is 4. The van der Waals surface area contributed by atoms with E-state index in [1.54, 1.807) is 18.2 Å². The maximum atomic E-state index is 11.3. The molecule has 1 aromatic rings. The number of ketones is 1. The number of anilines is 2.